The molecule has 0 amide bonds. The van der Waals surface area contributed by atoms with Crippen LogP contribution in [0, 0.1) is 0 Å². The molecule has 6 heteroatoms. The van der Waals surface area contributed by atoms with E-state index in [1.807, 2.05) is 25.1 Å². The number of halogens is 1. The van der Waals surface area contributed by atoms with Gasteiger partial charge in [0, 0.05) is 6.54 Å². The van der Waals surface area contributed by atoms with Gasteiger partial charge in [0.2, 0.25) is 5.78 Å². The van der Waals surface area contributed by atoms with Crippen LogP contribution in [0.5, 0.6) is 11.5 Å². The minimum absolute atomic E-state index is 0.170. The van der Waals surface area contributed by atoms with Crippen LogP contribution in [-0.4, -0.2) is 28.3 Å². The van der Waals surface area contributed by atoms with E-state index >= 15 is 0 Å². The first-order valence-corrected chi connectivity index (χ1v) is 7.22. The second-order valence-electron chi connectivity index (χ2n) is 4.79. The molecule has 1 aliphatic heterocycles. The fraction of sp³-hybridized carbons (Fsp3) is 0.333. The molecule has 1 atom stereocenters. The number of hydrogen-bond donors (Lipinski definition) is 0. The molecule has 2 aromatic rings. The third-order valence-corrected chi connectivity index (χ3v) is 3.54. The molecule has 1 unspecified atom stereocenters. The van der Waals surface area contributed by atoms with Gasteiger partial charge in [0.15, 0.2) is 17.6 Å². The lowest BCUT2D eigenvalue weighted by Gasteiger charge is -2.25. The normalized spacial score (nSPS) is 16.8. The molecule has 0 saturated carbocycles. The fourth-order valence-electron chi connectivity index (χ4n) is 2.29. The Kier molecular flexibility index (Phi) is 3.84. The molecule has 1 aromatic heterocycles. The largest absolute Gasteiger partial charge is 0.485 e. The molecule has 0 aliphatic carbocycles. The van der Waals surface area contributed by atoms with Gasteiger partial charge in [-0.1, -0.05) is 30.7 Å². The molecule has 3 rings (SSSR count). The molecule has 0 radical (unpaired) electrons. The second kappa shape index (κ2) is 5.77. The zero-order chi connectivity index (χ0) is 14.8. The summed E-state index contributed by atoms with van der Waals surface area (Å²) in [5.41, 5.74) is 0.381. The van der Waals surface area contributed by atoms with E-state index in [1.54, 1.807) is 10.7 Å². The lowest BCUT2D eigenvalue weighted by Crippen LogP contribution is -2.37. The first kappa shape index (κ1) is 13.9. The van der Waals surface area contributed by atoms with Crippen molar-refractivity contribution in [1.29, 1.82) is 0 Å². The Labute approximate surface area is 127 Å². The quantitative estimate of drug-likeness (QED) is 0.815. The number of Topliss-reactive ketones (excluding diaryl/α,β-unsaturated/α-hetero) is 1. The molecular weight excluding hydrogens is 292 g/mol. The summed E-state index contributed by atoms with van der Waals surface area (Å²) in [4.78, 5) is 12.6. The molecular formula is C15H15ClN2O3. The lowest BCUT2D eigenvalue weighted by atomic mass is 10.1. The highest BCUT2D eigenvalue weighted by molar-refractivity contribution is 6.33. The number of para-hydroxylation sites is 2. The van der Waals surface area contributed by atoms with Gasteiger partial charge < -0.3 is 9.47 Å². The van der Waals surface area contributed by atoms with E-state index in [1.165, 1.54) is 6.20 Å². The van der Waals surface area contributed by atoms with Crippen LogP contribution >= 0.6 is 11.6 Å². The summed E-state index contributed by atoms with van der Waals surface area (Å²) in [6.07, 6.45) is 1.65. The molecule has 21 heavy (non-hydrogen) atoms. The highest BCUT2D eigenvalue weighted by atomic mass is 35.5. The Morgan fingerprint density at radius 1 is 1.43 bits per heavy atom. The van der Waals surface area contributed by atoms with Gasteiger partial charge in [0.1, 0.15) is 12.3 Å². The van der Waals surface area contributed by atoms with Crippen molar-refractivity contribution in [1.82, 2.24) is 9.78 Å². The van der Waals surface area contributed by atoms with Gasteiger partial charge in [-0.3, -0.25) is 9.48 Å². The summed E-state index contributed by atoms with van der Waals surface area (Å²) in [5.74, 6) is 1.01. The SMILES string of the molecule is CCCn1ncc(Cl)c1C(=O)C1COc2ccccc2O1. The van der Waals surface area contributed by atoms with Crippen LogP contribution in [0.4, 0.5) is 0 Å². The fourth-order valence-corrected chi connectivity index (χ4v) is 2.52. The van der Waals surface area contributed by atoms with E-state index in [9.17, 15) is 4.79 Å². The van der Waals surface area contributed by atoms with E-state index in [0.717, 1.165) is 6.42 Å². The number of ketones is 1. The lowest BCUT2D eigenvalue weighted by molar-refractivity contribution is 0.0575. The predicted octanol–water partition coefficient (Wildman–Crippen LogP) is 2.97. The van der Waals surface area contributed by atoms with Gasteiger partial charge in [-0.05, 0) is 18.6 Å². The first-order valence-electron chi connectivity index (χ1n) is 6.84. The summed E-state index contributed by atoms with van der Waals surface area (Å²) in [6.45, 7) is 2.82. The third-order valence-electron chi connectivity index (χ3n) is 3.26. The van der Waals surface area contributed by atoms with E-state index in [4.69, 9.17) is 21.1 Å². The molecule has 1 aliphatic rings. The molecule has 0 fully saturated rings. The van der Waals surface area contributed by atoms with Gasteiger partial charge in [-0.15, -0.1) is 0 Å². The highest BCUT2D eigenvalue weighted by Gasteiger charge is 2.31. The van der Waals surface area contributed by atoms with Gasteiger partial charge in [0.05, 0.1) is 11.2 Å². The van der Waals surface area contributed by atoms with Crippen LogP contribution in [0.3, 0.4) is 0 Å². The van der Waals surface area contributed by atoms with Crippen molar-refractivity contribution in [3.05, 3.63) is 41.2 Å². The smallest absolute Gasteiger partial charge is 0.226 e. The van der Waals surface area contributed by atoms with Crippen LogP contribution in [0.1, 0.15) is 23.8 Å². The van der Waals surface area contributed by atoms with Crippen LogP contribution < -0.4 is 9.47 Å². The average molecular weight is 307 g/mol. The Hall–Kier alpha value is -2.01. The number of aromatic nitrogens is 2. The van der Waals surface area contributed by atoms with Gasteiger partial charge in [0.25, 0.3) is 0 Å². The number of aryl methyl sites for hydroxylation is 1. The predicted molar refractivity (Wildman–Crippen MR) is 78.2 cm³/mol. The van der Waals surface area contributed by atoms with Crippen LogP contribution in [0.2, 0.25) is 5.02 Å². The Balaban J connectivity index is 1.85. The van der Waals surface area contributed by atoms with E-state index in [0.29, 0.717) is 28.8 Å². The second-order valence-corrected chi connectivity index (χ2v) is 5.20. The van der Waals surface area contributed by atoms with Crippen LogP contribution in [0.25, 0.3) is 0 Å². The standard InChI is InChI=1S/C15H15ClN2O3/c1-2-7-18-14(10(16)8-17-18)15(19)13-9-20-11-5-3-4-6-12(11)21-13/h3-6,8,13H,2,7,9H2,1H3. The summed E-state index contributed by atoms with van der Waals surface area (Å²) >= 11 is 6.09. The minimum Gasteiger partial charge on any atom is -0.485 e. The van der Waals surface area contributed by atoms with E-state index in [2.05, 4.69) is 5.10 Å². The minimum atomic E-state index is -0.704. The van der Waals surface area contributed by atoms with Gasteiger partial charge >= 0.3 is 0 Å². The molecule has 5 nitrogen and oxygen atoms in total. The molecule has 0 N–H and O–H groups in total. The molecule has 0 saturated heterocycles. The number of nitrogens with zero attached hydrogens (tertiary/aromatic N) is 2. The summed E-state index contributed by atoms with van der Waals surface area (Å²) in [7, 11) is 0. The molecule has 0 spiro atoms. The highest BCUT2D eigenvalue weighted by Crippen LogP contribution is 2.32. The maximum Gasteiger partial charge on any atom is 0.226 e. The number of benzene rings is 1. The zero-order valence-electron chi connectivity index (χ0n) is 11.6. The van der Waals surface area contributed by atoms with Crippen molar-refractivity contribution in [2.45, 2.75) is 26.0 Å². The summed E-state index contributed by atoms with van der Waals surface area (Å²) in [5, 5.41) is 4.48. The molecule has 0 bridgehead atoms. The first-order chi connectivity index (χ1) is 10.2. The number of rotatable bonds is 4. The van der Waals surface area contributed by atoms with E-state index < -0.39 is 6.10 Å². The summed E-state index contributed by atoms with van der Waals surface area (Å²) in [6, 6.07) is 7.28. The maximum absolute atomic E-state index is 12.6. The topological polar surface area (TPSA) is 53.4 Å². The van der Waals surface area contributed by atoms with Gasteiger partial charge in [-0.2, -0.15) is 5.10 Å². The van der Waals surface area contributed by atoms with E-state index in [-0.39, 0.29) is 12.4 Å². The van der Waals surface area contributed by atoms with Crippen molar-refractivity contribution in [3.63, 3.8) is 0 Å². The van der Waals surface area contributed by atoms with Crippen molar-refractivity contribution in [2.24, 2.45) is 0 Å². The Morgan fingerprint density at radius 2 is 2.19 bits per heavy atom. The summed E-state index contributed by atoms with van der Waals surface area (Å²) < 4.78 is 12.9. The van der Waals surface area contributed by atoms with Crippen molar-refractivity contribution < 1.29 is 14.3 Å². The number of carbonyl (C=O) groups excluding carboxylic acids is 1. The third kappa shape index (κ3) is 2.61. The molecule has 2 heterocycles. The maximum atomic E-state index is 12.6. The average Bonchev–Trinajstić information content (AvgIpc) is 2.87. The number of ether oxygens (including phenoxy) is 2. The Morgan fingerprint density at radius 3 is 2.95 bits per heavy atom. The van der Waals surface area contributed by atoms with Crippen LogP contribution in [-0.2, 0) is 6.54 Å². The van der Waals surface area contributed by atoms with Crippen LogP contribution in [0.15, 0.2) is 30.5 Å². The molecule has 1 aromatic carbocycles. The molecule has 110 valence electrons. The monoisotopic (exact) mass is 306 g/mol. The van der Waals surface area contributed by atoms with Gasteiger partial charge in [-0.25, -0.2) is 0 Å². The van der Waals surface area contributed by atoms with Crippen molar-refractivity contribution in [3.8, 4) is 11.5 Å². The number of fused-ring (bicyclic) bond motifs is 1. The Bertz CT molecular complexity index is 669. The van der Waals surface area contributed by atoms with Crippen molar-refractivity contribution in [2.75, 3.05) is 6.61 Å². The number of carbonyl (C=O) groups is 1. The zero-order valence-corrected chi connectivity index (χ0v) is 12.3. The number of hydrogen-bond acceptors (Lipinski definition) is 4. The van der Waals surface area contributed by atoms with Crippen molar-refractivity contribution >= 4 is 17.4 Å².